The van der Waals surface area contributed by atoms with Gasteiger partial charge in [0.25, 0.3) is 0 Å². The SMILES string of the molecule is CC(C(=O)Nc1cccc(F)c1)N1CCN(Cc2nc(-c3cccs3)no2)CC1. The number of anilines is 1. The van der Waals surface area contributed by atoms with E-state index >= 15 is 0 Å². The first-order chi connectivity index (χ1) is 14.1. The van der Waals surface area contributed by atoms with E-state index in [2.05, 4.69) is 25.3 Å². The molecule has 3 aromatic rings. The molecule has 1 atom stereocenters. The number of carbonyl (C=O) groups is 1. The summed E-state index contributed by atoms with van der Waals surface area (Å²) in [5.74, 6) is 0.712. The molecule has 0 spiro atoms. The third-order valence-electron chi connectivity index (χ3n) is 4.99. The third-order valence-corrected chi connectivity index (χ3v) is 5.86. The highest BCUT2D eigenvalue weighted by Gasteiger charge is 2.26. The Morgan fingerprint density at radius 3 is 2.83 bits per heavy atom. The van der Waals surface area contributed by atoms with Gasteiger partial charge in [-0.05, 0) is 36.6 Å². The maximum Gasteiger partial charge on any atom is 0.241 e. The van der Waals surface area contributed by atoms with E-state index in [0.717, 1.165) is 31.1 Å². The van der Waals surface area contributed by atoms with Crippen molar-refractivity contribution in [3.63, 3.8) is 0 Å². The zero-order chi connectivity index (χ0) is 20.2. The molecule has 0 radical (unpaired) electrons. The molecule has 4 rings (SSSR count). The van der Waals surface area contributed by atoms with Gasteiger partial charge in [0.1, 0.15) is 5.82 Å². The zero-order valence-corrected chi connectivity index (χ0v) is 16.9. The Labute approximate surface area is 172 Å². The molecule has 0 aliphatic carbocycles. The molecule has 1 unspecified atom stereocenters. The lowest BCUT2D eigenvalue weighted by atomic mass is 10.2. The van der Waals surface area contributed by atoms with Crippen molar-refractivity contribution in [2.75, 3.05) is 31.5 Å². The number of nitrogens with zero attached hydrogens (tertiary/aromatic N) is 4. The minimum atomic E-state index is -0.368. The van der Waals surface area contributed by atoms with Gasteiger partial charge >= 0.3 is 0 Å². The Morgan fingerprint density at radius 2 is 2.10 bits per heavy atom. The van der Waals surface area contributed by atoms with Crippen LogP contribution in [0.25, 0.3) is 10.7 Å². The highest BCUT2D eigenvalue weighted by Crippen LogP contribution is 2.22. The second kappa shape index (κ2) is 8.81. The summed E-state index contributed by atoms with van der Waals surface area (Å²) in [6.07, 6.45) is 0. The molecule has 2 aromatic heterocycles. The Hall–Kier alpha value is -2.62. The van der Waals surface area contributed by atoms with Crippen LogP contribution >= 0.6 is 11.3 Å². The quantitative estimate of drug-likeness (QED) is 0.667. The van der Waals surface area contributed by atoms with Gasteiger partial charge in [0.2, 0.25) is 17.6 Å². The van der Waals surface area contributed by atoms with Crippen LogP contribution in [0, 0.1) is 5.82 Å². The van der Waals surface area contributed by atoms with Crippen LogP contribution in [-0.4, -0.2) is 58.1 Å². The fourth-order valence-electron chi connectivity index (χ4n) is 3.30. The third kappa shape index (κ3) is 4.87. The molecule has 1 aliphatic heterocycles. The summed E-state index contributed by atoms with van der Waals surface area (Å²) >= 11 is 1.58. The van der Waals surface area contributed by atoms with Gasteiger partial charge in [0, 0.05) is 31.9 Å². The lowest BCUT2D eigenvalue weighted by Gasteiger charge is -2.36. The van der Waals surface area contributed by atoms with Crippen molar-refractivity contribution >= 4 is 22.9 Å². The van der Waals surface area contributed by atoms with Crippen molar-refractivity contribution in [3.8, 4) is 10.7 Å². The molecular formula is C20H22FN5O2S. The number of carbonyl (C=O) groups excluding carboxylic acids is 1. The standard InChI is InChI=1S/C20H22FN5O2S/c1-14(20(27)22-16-5-2-4-15(21)12-16)26-9-7-25(8-10-26)13-18-23-19(24-28-18)17-6-3-11-29-17/h2-6,11-12,14H,7-10,13H2,1H3,(H,22,27). The first-order valence-electron chi connectivity index (χ1n) is 9.48. The van der Waals surface area contributed by atoms with E-state index in [1.54, 1.807) is 23.5 Å². The number of aromatic nitrogens is 2. The molecule has 1 amide bonds. The summed E-state index contributed by atoms with van der Waals surface area (Å²) in [5.41, 5.74) is 0.471. The highest BCUT2D eigenvalue weighted by molar-refractivity contribution is 7.13. The minimum Gasteiger partial charge on any atom is -0.338 e. The fourth-order valence-corrected chi connectivity index (χ4v) is 3.95. The molecular weight excluding hydrogens is 393 g/mol. The molecule has 3 heterocycles. The lowest BCUT2D eigenvalue weighted by molar-refractivity contribution is -0.121. The van der Waals surface area contributed by atoms with Gasteiger partial charge in [0.15, 0.2) is 0 Å². The van der Waals surface area contributed by atoms with E-state index in [-0.39, 0.29) is 17.8 Å². The number of halogens is 1. The van der Waals surface area contributed by atoms with Crippen LogP contribution in [0.3, 0.4) is 0 Å². The summed E-state index contributed by atoms with van der Waals surface area (Å²) in [5, 5.41) is 8.81. The molecule has 0 saturated carbocycles. The molecule has 29 heavy (non-hydrogen) atoms. The van der Waals surface area contributed by atoms with Crippen molar-refractivity contribution in [1.82, 2.24) is 19.9 Å². The molecule has 1 saturated heterocycles. The minimum absolute atomic E-state index is 0.137. The fraction of sp³-hybridized carbons (Fsp3) is 0.350. The topological polar surface area (TPSA) is 74.5 Å². The predicted molar refractivity (Wildman–Crippen MR) is 109 cm³/mol. The van der Waals surface area contributed by atoms with Crippen LogP contribution in [0.2, 0.25) is 0 Å². The molecule has 1 N–H and O–H groups in total. The van der Waals surface area contributed by atoms with Gasteiger partial charge in [-0.2, -0.15) is 4.98 Å². The Bertz CT molecular complexity index is 953. The van der Waals surface area contributed by atoms with E-state index in [9.17, 15) is 9.18 Å². The summed E-state index contributed by atoms with van der Waals surface area (Å²) in [7, 11) is 0. The average Bonchev–Trinajstić information content (AvgIpc) is 3.40. The number of nitrogens with one attached hydrogen (secondary N) is 1. The molecule has 1 fully saturated rings. The number of rotatable bonds is 6. The number of hydrogen-bond acceptors (Lipinski definition) is 7. The van der Waals surface area contributed by atoms with Gasteiger partial charge < -0.3 is 9.84 Å². The van der Waals surface area contributed by atoms with Gasteiger partial charge in [-0.15, -0.1) is 11.3 Å². The monoisotopic (exact) mass is 415 g/mol. The van der Waals surface area contributed by atoms with Gasteiger partial charge in [0.05, 0.1) is 17.5 Å². The maximum absolute atomic E-state index is 13.3. The van der Waals surface area contributed by atoms with E-state index < -0.39 is 0 Å². The van der Waals surface area contributed by atoms with Gasteiger partial charge in [-0.1, -0.05) is 17.3 Å². The Kier molecular flexibility index (Phi) is 5.98. The van der Waals surface area contributed by atoms with Crippen molar-refractivity contribution in [2.45, 2.75) is 19.5 Å². The molecule has 9 heteroatoms. The number of hydrogen-bond donors (Lipinski definition) is 1. The van der Waals surface area contributed by atoms with E-state index in [0.29, 0.717) is 23.9 Å². The number of benzene rings is 1. The van der Waals surface area contributed by atoms with E-state index in [1.807, 2.05) is 24.4 Å². The van der Waals surface area contributed by atoms with Gasteiger partial charge in [-0.25, -0.2) is 4.39 Å². The van der Waals surface area contributed by atoms with Crippen LogP contribution in [0.1, 0.15) is 12.8 Å². The largest absolute Gasteiger partial charge is 0.338 e. The summed E-state index contributed by atoms with van der Waals surface area (Å²) in [4.78, 5) is 22.3. The molecule has 7 nitrogen and oxygen atoms in total. The van der Waals surface area contributed by atoms with Crippen molar-refractivity contribution in [3.05, 3.63) is 53.5 Å². The number of piperazine rings is 1. The number of amides is 1. The molecule has 152 valence electrons. The van der Waals surface area contributed by atoms with Crippen molar-refractivity contribution < 1.29 is 13.7 Å². The molecule has 1 aromatic carbocycles. The number of thiophene rings is 1. The first-order valence-corrected chi connectivity index (χ1v) is 10.4. The van der Waals surface area contributed by atoms with Crippen LogP contribution in [0.5, 0.6) is 0 Å². The highest BCUT2D eigenvalue weighted by atomic mass is 32.1. The van der Waals surface area contributed by atoms with E-state index in [4.69, 9.17) is 4.52 Å². The van der Waals surface area contributed by atoms with Gasteiger partial charge in [-0.3, -0.25) is 14.6 Å². The van der Waals surface area contributed by atoms with Crippen LogP contribution in [-0.2, 0) is 11.3 Å². The summed E-state index contributed by atoms with van der Waals surface area (Å²) < 4.78 is 18.7. The first kappa shape index (κ1) is 19.7. The zero-order valence-electron chi connectivity index (χ0n) is 16.0. The second-order valence-corrected chi connectivity index (χ2v) is 7.92. The van der Waals surface area contributed by atoms with Crippen LogP contribution in [0.15, 0.2) is 46.3 Å². The molecule has 1 aliphatic rings. The average molecular weight is 415 g/mol. The Morgan fingerprint density at radius 1 is 1.28 bits per heavy atom. The summed E-state index contributed by atoms with van der Waals surface area (Å²) in [6.45, 7) is 5.57. The second-order valence-electron chi connectivity index (χ2n) is 6.98. The lowest BCUT2D eigenvalue weighted by Crippen LogP contribution is -2.52. The Balaban J connectivity index is 1.27. The normalized spacial score (nSPS) is 16.6. The molecule has 0 bridgehead atoms. The van der Waals surface area contributed by atoms with Crippen molar-refractivity contribution in [1.29, 1.82) is 0 Å². The van der Waals surface area contributed by atoms with E-state index in [1.165, 1.54) is 12.1 Å². The van der Waals surface area contributed by atoms with Crippen LogP contribution < -0.4 is 5.32 Å². The maximum atomic E-state index is 13.3. The smallest absolute Gasteiger partial charge is 0.241 e. The summed E-state index contributed by atoms with van der Waals surface area (Å²) in [6, 6.07) is 9.56. The van der Waals surface area contributed by atoms with Crippen molar-refractivity contribution in [2.24, 2.45) is 0 Å². The van der Waals surface area contributed by atoms with Crippen LogP contribution in [0.4, 0.5) is 10.1 Å². The predicted octanol–water partition coefficient (Wildman–Crippen LogP) is 3.08.